The van der Waals surface area contributed by atoms with Gasteiger partial charge in [-0.2, -0.15) is 0 Å². The fourth-order valence-electron chi connectivity index (χ4n) is 11.7. The average Bonchev–Trinajstić information content (AvgIpc) is 1.90. The molecule has 396 valence electrons. The molecule has 0 spiro atoms. The number of benzene rings is 11. The third kappa shape index (κ3) is 10.3. The largest absolute Gasteiger partial charge is 0.256 e. The number of hydrogen-bond acceptors (Lipinski definition) is 3. The normalized spacial score (nSPS) is 12.6. The summed E-state index contributed by atoms with van der Waals surface area (Å²) in [5.41, 5.74) is 23.9. The van der Waals surface area contributed by atoms with E-state index in [-0.39, 0.29) is 11.1 Å². The van der Waals surface area contributed by atoms with E-state index in [1.165, 1.54) is 0 Å². The molecule has 0 amide bonds. The van der Waals surface area contributed by atoms with Gasteiger partial charge in [0.05, 0.1) is 22.8 Å². The Labute approximate surface area is 500 Å². The average molecular weight is 1080 g/mol. The van der Waals surface area contributed by atoms with Crippen molar-refractivity contribution in [2.45, 2.75) is 13.7 Å². The highest BCUT2D eigenvalue weighted by Gasteiger charge is 2.20. The summed E-state index contributed by atoms with van der Waals surface area (Å²) >= 11 is 0. The van der Waals surface area contributed by atoms with E-state index in [2.05, 4.69) is 247 Å². The zero-order valence-corrected chi connectivity index (χ0v) is 45.8. The van der Waals surface area contributed by atoms with Crippen LogP contribution >= 0.6 is 0 Å². The van der Waals surface area contributed by atoms with Crippen molar-refractivity contribution < 1.29 is 8.22 Å². The maximum absolute atomic E-state index is 8.04. The zero-order valence-electron chi connectivity index (χ0n) is 51.8. The Balaban J connectivity index is 0.938. The Kier molecular flexibility index (Phi) is 12.0. The molecule has 0 aliphatic carbocycles. The van der Waals surface area contributed by atoms with E-state index in [0.717, 1.165) is 133 Å². The van der Waals surface area contributed by atoms with Gasteiger partial charge in [0.15, 0.2) is 0 Å². The van der Waals surface area contributed by atoms with Crippen LogP contribution in [0, 0.1) is 13.7 Å². The van der Waals surface area contributed by atoms with Crippen molar-refractivity contribution in [1.82, 2.24) is 15.0 Å². The summed E-state index contributed by atoms with van der Waals surface area (Å²) in [5.74, 6) is 0. The molecule has 11 aromatic carbocycles. The molecule has 0 saturated carbocycles. The number of fused-ring (bicyclic) bond motifs is 1. The second kappa shape index (κ2) is 22.6. The molecule has 3 aromatic heterocycles. The number of pyridine rings is 3. The van der Waals surface area contributed by atoms with E-state index in [1.807, 2.05) is 36.4 Å². The Bertz CT molecular complexity index is 4780. The van der Waals surface area contributed by atoms with Crippen LogP contribution in [0.2, 0.25) is 0 Å². The summed E-state index contributed by atoms with van der Waals surface area (Å²) in [6, 6.07) is 103. The first-order chi connectivity index (χ1) is 43.9. The van der Waals surface area contributed by atoms with Crippen molar-refractivity contribution in [3.63, 3.8) is 0 Å². The molecule has 0 fully saturated rings. The molecule has 14 aromatic rings. The van der Waals surface area contributed by atoms with E-state index in [0.29, 0.717) is 11.4 Å². The number of hydrogen-bond donors (Lipinski definition) is 0. The smallest absolute Gasteiger partial charge is 0.0787 e. The number of aromatic nitrogens is 3. The zero-order chi connectivity index (χ0) is 61.3. The van der Waals surface area contributed by atoms with Crippen molar-refractivity contribution in [3.8, 4) is 134 Å². The van der Waals surface area contributed by atoms with Crippen LogP contribution in [0.1, 0.15) is 19.4 Å². The van der Waals surface area contributed by atoms with Gasteiger partial charge in [0.25, 0.3) is 0 Å². The van der Waals surface area contributed by atoms with Gasteiger partial charge in [-0.25, -0.2) is 4.98 Å². The molecule has 3 heteroatoms. The second-order valence-corrected chi connectivity index (χ2v) is 21.1. The lowest BCUT2D eigenvalue weighted by atomic mass is 9.84. The second-order valence-electron chi connectivity index (χ2n) is 21.1. The van der Waals surface area contributed by atoms with E-state index >= 15 is 0 Å². The highest BCUT2D eigenvalue weighted by Crippen LogP contribution is 2.46. The molecular formula is C81H57N3. The van der Waals surface area contributed by atoms with Gasteiger partial charge in [-0.05, 0) is 174 Å². The first kappa shape index (κ1) is 44.8. The van der Waals surface area contributed by atoms with Crippen molar-refractivity contribution in [2.75, 3.05) is 0 Å². The first-order valence-corrected chi connectivity index (χ1v) is 28.2. The van der Waals surface area contributed by atoms with Crippen LogP contribution in [0.15, 0.2) is 310 Å². The molecule has 3 nitrogen and oxygen atoms in total. The molecule has 0 saturated heterocycles. The van der Waals surface area contributed by atoms with Gasteiger partial charge in [0.1, 0.15) is 0 Å². The number of aryl methyl sites for hydroxylation is 2. The van der Waals surface area contributed by atoms with Crippen LogP contribution in [0.4, 0.5) is 0 Å². The Morgan fingerprint density at radius 1 is 0.238 bits per heavy atom. The minimum atomic E-state index is -2.25. The Morgan fingerprint density at radius 3 is 1.14 bits per heavy atom. The van der Waals surface area contributed by atoms with Crippen LogP contribution < -0.4 is 0 Å². The Morgan fingerprint density at radius 2 is 0.619 bits per heavy atom. The molecule has 0 atom stereocenters. The first-order valence-electron chi connectivity index (χ1n) is 31.2. The van der Waals surface area contributed by atoms with Crippen LogP contribution in [-0.2, 0) is 0 Å². The molecule has 0 N–H and O–H groups in total. The third-order valence-corrected chi connectivity index (χ3v) is 15.8. The van der Waals surface area contributed by atoms with E-state index in [1.54, 1.807) is 36.7 Å². The summed E-state index contributed by atoms with van der Waals surface area (Å²) in [4.78, 5) is 14.6. The summed E-state index contributed by atoms with van der Waals surface area (Å²) in [6.45, 7) is -4.51. The third-order valence-electron chi connectivity index (χ3n) is 15.8. The molecular weight excluding hydrogens is 1010 g/mol. The summed E-state index contributed by atoms with van der Waals surface area (Å²) in [5, 5.41) is 2.21. The molecule has 0 unspecified atom stereocenters. The minimum absolute atomic E-state index is 0.246. The highest BCUT2D eigenvalue weighted by atomic mass is 14.7. The maximum Gasteiger partial charge on any atom is 0.0787 e. The number of rotatable bonds is 12. The molecule has 84 heavy (non-hydrogen) atoms. The summed E-state index contributed by atoms with van der Waals surface area (Å²) in [7, 11) is 0. The molecule has 0 aliphatic heterocycles. The minimum Gasteiger partial charge on any atom is -0.256 e. The molecule has 0 aliphatic rings. The molecule has 3 heterocycles. The van der Waals surface area contributed by atoms with Gasteiger partial charge in [0.2, 0.25) is 0 Å². The van der Waals surface area contributed by atoms with Crippen LogP contribution in [0.3, 0.4) is 0 Å². The predicted octanol–water partition coefficient (Wildman–Crippen LogP) is 21.6. The highest BCUT2D eigenvalue weighted by molar-refractivity contribution is 6.00. The topological polar surface area (TPSA) is 38.7 Å². The molecule has 0 radical (unpaired) electrons. The SMILES string of the molecule is [2H]C([2H])([2H])c1ccnc(-c2ccc(-c3ccccc3-c3cc(-c4ccccc4-c4ccc(-c5cc(C([2H])([2H])[2H])ccn5)cc4)cc(-c4ccccc4-c4ccc(-c5cc6ccccc6c(-c6ccccc6)n5)cc4-c4ccc(-c5ccccc5)cc4)c3)cc2)c1. The van der Waals surface area contributed by atoms with E-state index in [4.69, 9.17) is 13.2 Å². The number of nitrogens with zero attached hydrogens (tertiary/aromatic N) is 3. The quantitative estimate of drug-likeness (QED) is 0.122. The van der Waals surface area contributed by atoms with E-state index in [9.17, 15) is 0 Å². The molecule has 0 bridgehead atoms. The van der Waals surface area contributed by atoms with Gasteiger partial charge in [-0.15, -0.1) is 0 Å². The van der Waals surface area contributed by atoms with Gasteiger partial charge in [-0.3, -0.25) is 9.97 Å². The lowest BCUT2D eigenvalue weighted by Gasteiger charge is -2.20. The van der Waals surface area contributed by atoms with Gasteiger partial charge < -0.3 is 0 Å². The lowest BCUT2D eigenvalue weighted by Crippen LogP contribution is -1.95. The standard InChI is InChI=1S/C81H57N3/c1-54-43-45-82-78(47-54)61-37-33-58(34-38-61)69-22-11-13-24-71(69)66-49-67(72-25-14-12-23-70(72)59-35-39-62(40-36-59)79-48-55(2)44-46-83-79)51-68(50-66)73-26-15-16-28-75(73)76-42-41-65(52-77(76)60-31-29-57(30-32-60)56-17-5-3-6-18-56)80-53-64-21-9-10-27-74(64)81(84-80)63-19-7-4-8-20-63/h3-53H,1-2H3/i1D3,2D3. The monoisotopic (exact) mass is 1080 g/mol. The summed E-state index contributed by atoms with van der Waals surface area (Å²) in [6.07, 6.45) is 3.11. The predicted molar refractivity (Wildman–Crippen MR) is 352 cm³/mol. The maximum atomic E-state index is 8.04. The van der Waals surface area contributed by atoms with Crippen molar-refractivity contribution in [3.05, 3.63) is 321 Å². The van der Waals surface area contributed by atoms with E-state index < -0.39 is 13.7 Å². The fourth-order valence-corrected chi connectivity index (χ4v) is 11.7. The fraction of sp³-hybridized carbons (Fsp3) is 0.0247. The van der Waals surface area contributed by atoms with Crippen LogP contribution in [0.5, 0.6) is 0 Å². The van der Waals surface area contributed by atoms with Crippen molar-refractivity contribution >= 4 is 10.8 Å². The van der Waals surface area contributed by atoms with Crippen LogP contribution in [0.25, 0.3) is 145 Å². The Hall–Kier alpha value is -10.9. The van der Waals surface area contributed by atoms with Gasteiger partial charge >= 0.3 is 0 Å². The van der Waals surface area contributed by atoms with Crippen LogP contribution in [-0.4, -0.2) is 15.0 Å². The van der Waals surface area contributed by atoms with Gasteiger partial charge in [-0.1, -0.05) is 243 Å². The van der Waals surface area contributed by atoms with Crippen molar-refractivity contribution in [1.29, 1.82) is 0 Å². The van der Waals surface area contributed by atoms with Gasteiger partial charge in [0, 0.05) is 48.3 Å². The molecule has 14 rings (SSSR count). The lowest BCUT2D eigenvalue weighted by molar-refractivity contribution is 1.29. The van der Waals surface area contributed by atoms with Crippen molar-refractivity contribution in [2.24, 2.45) is 0 Å². The summed E-state index contributed by atoms with van der Waals surface area (Å²) < 4.78 is 48.3.